The normalized spacial score (nSPS) is 10.8. The van der Waals surface area contributed by atoms with Gasteiger partial charge in [0.1, 0.15) is 5.75 Å². The molecule has 1 N–H and O–H groups in total. The lowest BCUT2D eigenvalue weighted by Crippen LogP contribution is -2.30. The molecule has 0 aromatic heterocycles. The smallest absolute Gasteiger partial charge is 0.137 e. The van der Waals surface area contributed by atoms with E-state index in [1.165, 1.54) is 5.56 Å². The fourth-order valence-corrected chi connectivity index (χ4v) is 1.81. The van der Waals surface area contributed by atoms with E-state index >= 15 is 0 Å². The van der Waals surface area contributed by atoms with Crippen LogP contribution in [-0.2, 0) is 6.42 Å². The second kappa shape index (κ2) is 6.74. The second-order valence-electron chi connectivity index (χ2n) is 3.81. The van der Waals surface area contributed by atoms with E-state index in [2.05, 4.69) is 23.3 Å². The van der Waals surface area contributed by atoms with E-state index in [1.54, 1.807) is 7.11 Å². The van der Waals surface area contributed by atoms with Gasteiger partial charge in [0.15, 0.2) is 0 Å². The highest BCUT2D eigenvalue weighted by atomic mass is 35.5. The molecule has 3 nitrogen and oxygen atoms in total. The first-order valence-corrected chi connectivity index (χ1v) is 5.70. The van der Waals surface area contributed by atoms with Crippen molar-refractivity contribution in [2.45, 2.75) is 6.42 Å². The van der Waals surface area contributed by atoms with E-state index in [0.717, 1.165) is 25.4 Å². The maximum Gasteiger partial charge on any atom is 0.137 e. The summed E-state index contributed by atoms with van der Waals surface area (Å²) in [7, 11) is 5.66. The average molecular weight is 243 g/mol. The Labute approximate surface area is 102 Å². The third kappa shape index (κ3) is 4.00. The fourth-order valence-electron chi connectivity index (χ4n) is 1.53. The predicted octanol–water partition coefficient (Wildman–Crippen LogP) is 2.00. The molecule has 90 valence electrons. The molecule has 0 fully saturated rings. The number of ether oxygens (including phenoxy) is 1. The van der Waals surface area contributed by atoms with E-state index in [4.69, 9.17) is 16.3 Å². The Morgan fingerprint density at radius 2 is 2.19 bits per heavy atom. The molecule has 16 heavy (non-hydrogen) atoms. The summed E-state index contributed by atoms with van der Waals surface area (Å²) in [6, 6.07) is 5.93. The van der Waals surface area contributed by atoms with Crippen molar-refractivity contribution in [3.8, 4) is 5.75 Å². The minimum absolute atomic E-state index is 0.677. The van der Waals surface area contributed by atoms with Gasteiger partial charge in [-0.1, -0.05) is 17.7 Å². The number of rotatable bonds is 6. The molecule has 0 amide bonds. The summed E-state index contributed by atoms with van der Waals surface area (Å²) in [4.78, 5) is 2.22. The Balaban J connectivity index is 2.51. The molecule has 1 aromatic carbocycles. The van der Waals surface area contributed by atoms with Gasteiger partial charge in [-0.15, -0.1) is 0 Å². The van der Waals surface area contributed by atoms with Crippen LogP contribution in [0.3, 0.4) is 0 Å². The summed E-state index contributed by atoms with van der Waals surface area (Å²) in [5.74, 6) is 0.731. The Kier molecular flexibility index (Phi) is 5.60. The van der Waals surface area contributed by atoms with Gasteiger partial charge in [-0.05, 0) is 38.2 Å². The molecule has 0 aliphatic rings. The van der Waals surface area contributed by atoms with Crippen molar-refractivity contribution in [1.82, 2.24) is 10.2 Å². The first kappa shape index (κ1) is 13.3. The van der Waals surface area contributed by atoms with Crippen LogP contribution in [0.25, 0.3) is 0 Å². The molecular formula is C12H19ClN2O. The van der Waals surface area contributed by atoms with Crippen molar-refractivity contribution in [3.05, 3.63) is 28.8 Å². The van der Waals surface area contributed by atoms with Crippen LogP contribution in [0.2, 0.25) is 5.02 Å². The largest absolute Gasteiger partial charge is 0.495 e. The van der Waals surface area contributed by atoms with Gasteiger partial charge in [0.2, 0.25) is 0 Å². The van der Waals surface area contributed by atoms with Crippen molar-refractivity contribution in [3.63, 3.8) is 0 Å². The minimum Gasteiger partial charge on any atom is -0.495 e. The number of halogens is 1. The van der Waals surface area contributed by atoms with E-state index in [9.17, 15) is 0 Å². The van der Waals surface area contributed by atoms with Crippen molar-refractivity contribution in [2.75, 3.05) is 34.4 Å². The standard InChI is InChI=1S/C12H19ClN2O/c1-14-9-15(2)7-6-10-4-5-12(16-3)11(13)8-10/h4-5,8,14H,6-7,9H2,1-3H3. The average Bonchev–Trinajstić information content (AvgIpc) is 2.27. The van der Waals surface area contributed by atoms with Gasteiger partial charge < -0.3 is 10.1 Å². The maximum atomic E-state index is 6.06. The zero-order valence-electron chi connectivity index (χ0n) is 10.1. The molecule has 0 spiro atoms. The second-order valence-corrected chi connectivity index (χ2v) is 4.22. The zero-order valence-corrected chi connectivity index (χ0v) is 10.8. The van der Waals surface area contributed by atoms with Gasteiger partial charge >= 0.3 is 0 Å². The first-order valence-electron chi connectivity index (χ1n) is 5.33. The Morgan fingerprint density at radius 1 is 1.44 bits per heavy atom. The highest BCUT2D eigenvalue weighted by Gasteiger charge is 2.03. The lowest BCUT2D eigenvalue weighted by Gasteiger charge is -2.15. The van der Waals surface area contributed by atoms with Gasteiger partial charge in [-0.25, -0.2) is 0 Å². The lowest BCUT2D eigenvalue weighted by molar-refractivity contribution is 0.321. The SMILES string of the molecule is CNCN(C)CCc1ccc(OC)c(Cl)c1. The molecule has 0 unspecified atom stereocenters. The van der Waals surface area contributed by atoms with Crippen molar-refractivity contribution in [1.29, 1.82) is 0 Å². The third-order valence-corrected chi connectivity index (χ3v) is 2.72. The number of hydrogen-bond donors (Lipinski definition) is 1. The van der Waals surface area contributed by atoms with Gasteiger partial charge in [0, 0.05) is 13.2 Å². The van der Waals surface area contributed by atoms with E-state index < -0.39 is 0 Å². The molecule has 0 aliphatic heterocycles. The van der Waals surface area contributed by atoms with Gasteiger partial charge in [0.25, 0.3) is 0 Å². The number of methoxy groups -OCH3 is 1. The van der Waals surface area contributed by atoms with Crippen LogP contribution in [0, 0.1) is 0 Å². The quantitative estimate of drug-likeness (QED) is 0.773. The van der Waals surface area contributed by atoms with E-state index in [1.807, 2.05) is 19.2 Å². The Bertz CT molecular complexity index is 331. The molecule has 0 saturated carbocycles. The Hall–Kier alpha value is -0.770. The van der Waals surface area contributed by atoms with Gasteiger partial charge in [-0.3, -0.25) is 4.90 Å². The number of likely N-dealkylation sites (N-methyl/N-ethyl adjacent to an activating group) is 1. The molecule has 4 heteroatoms. The van der Waals surface area contributed by atoms with Crippen LogP contribution in [0.4, 0.5) is 0 Å². The van der Waals surface area contributed by atoms with Crippen LogP contribution < -0.4 is 10.1 Å². The number of benzene rings is 1. The predicted molar refractivity (Wildman–Crippen MR) is 68.3 cm³/mol. The number of nitrogens with zero attached hydrogens (tertiary/aromatic N) is 1. The topological polar surface area (TPSA) is 24.5 Å². The molecule has 1 rings (SSSR count). The molecule has 0 bridgehead atoms. The molecule has 1 aromatic rings. The molecule has 0 atom stereocenters. The fraction of sp³-hybridized carbons (Fsp3) is 0.500. The molecule has 0 aliphatic carbocycles. The lowest BCUT2D eigenvalue weighted by atomic mass is 10.1. The van der Waals surface area contributed by atoms with Crippen LogP contribution >= 0.6 is 11.6 Å². The van der Waals surface area contributed by atoms with Crippen LogP contribution in [-0.4, -0.2) is 39.3 Å². The summed E-state index contributed by atoms with van der Waals surface area (Å²) >= 11 is 6.06. The first-order chi connectivity index (χ1) is 7.67. The van der Waals surface area contributed by atoms with Crippen LogP contribution in [0.15, 0.2) is 18.2 Å². The molecule has 0 heterocycles. The molecule has 0 radical (unpaired) electrons. The third-order valence-electron chi connectivity index (χ3n) is 2.43. The maximum absolute atomic E-state index is 6.06. The summed E-state index contributed by atoms with van der Waals surface area (Å²) in [6.45, 7) is 1.90. The summed E-state index contributed by atoms with van der Waals surface area (Å²) < 4.78 is 5.11. The van der Waals surface area contributed by atoms with Crippen molar-refractivity contribution < 1.29 is 4.74 Å². The molecular weight excluding hydrogens is 224 g/mol. The number of hydrogen-bond acceptors (Lipinski definition) is 3. The highest BCUT2D eigenvalue weighted by molar-refractivity contribution is 6.32. The summed E-state index contributed by atoms with van der Waals surface area (Å²) in [5, 5.41) is 3.79. The number of nitrogens with one attached hydrogen (secondary N) is 1. The van der Waals surface area contributed by atoms with Gasteiger partial charge in [0.05, 0.1) is 12.1 Å². The van der Waals surface area contributed by atoms with Crippen molar-refractivity contribution in [2.24, 2.45) is 0 Å². The summed E-state index contributed by atoms with van der Waals surface area (Å²) in [6.07, 6.45) is 0.988. The molecule has 0 saturated heterocycles. The minimum atomic E-state index is 0.677. The van der Waals surface area contributed by atoms with Crippen LogP contribution in [0.1, 0.15) is 5.56 Å². The Morgan fingerprint density at radius 3 is 2.75 bits per heavy atom. The summed E-state index contributed by atoms with van der Waals surface area (Å²) in [5.41, 5.74) is 1.23. The highest BCUT2D eigenvalue weighted by Crippen LogP contribution is 2.24. The van der Waals surface area contributed by atoms with Crippen LogP contribution in [0.5, 0.6) is 5.75 Å². The monoisotopic (exact) mass is 242 g/mol. The van der Waals surface area contributed by atoms with Crippen molar-refractivity contribution >= 4 is 11.6 Å². The van der Waals surface area contributed by atoms with Gasteiger partial charge in [-0.2, -0.15) is 0 Å². The zero-order chi connectivity index (χ0) is 12.0. The van der Waals surface area contributed by atoms with E-state index in [0.29, 0.717) is 5.02 Å². The van der Waals surface area contributed by atoms with E-state index in [-0.39, 0.29) is 0 Å².